The molecule has 8 heteroatoms. The Kier molecular flexibility index (Phi) is 8.18. The van der Waals surface area contributed by atoms with Crippen LogP contribution in [0.5, 0.6) is 0 Å². The van der Waals surface area contributed by atoms with Gasteiger partial charge < -0.3 is 4.74 Å². The van der Waals surface area contributed by atoms with Crippen molar-refractivity contribution in [3.63, 3.8) is 0 Å². The fourth-order valence-electron chi connectivity index (χ4n) is 3.18. The fourth-order valence-corrected chi connectivity index (χ4v) is 3.18. The molecule has 1 N–H and O–H groups in total. The molecule has 0 saturated carbocycles. The molecule has 0 aliphatic carbocycles. The predicted octanol–water partition coefficient (Wildman–Crippen LogP) is 1.05. The zero-order chi connectivity index (χ0) is 18.9. The number of carbonyl (C=O) groups is 3. The number of nitrogens with one attached hydrogen (secondary N) is 1. The number of rotatable bonds is 9. The summed E-state index contributed by atoms with van der Waals surface area (Å²) in [6, 6.07) is -0.618. The molecule has 0 aromatic heterocycles. The molecule has 0 radical (unpaired) electrons. The molecule has 146 valence electrons. The average Bonchev–Trinajstić information content (AvgIpc) is 2.64. The molecule has 0 spiro atoms. The summed E-state index contributed by atoms with van der Waals surface area (Å²) >= 11 is 0. The lowest BCUT2D eigenvalue weighted by atomic mass is 9.96. The van der Waals surface area contributed by atoms with Crippen LogP contribution >= 0.6 is 0 Å². The lowest BCUT2D eigenvalue weighted by Gasteiger charge is -2.30. The van der Waals surface area contributed by atoms with E-state index in [1.54, 1.807) is 0 Å². The first-order valence-corrected chi connectivity index (χ1v) is 9.58. The molecule has 0 unspecified atom stereocenters. The monoisotopic (exact) mass is 366 g/mol. The Morgan fingerprint density at radius 1 is 1.15 bits per heavy atom. The molecule has 2 saturated heterocycles. The zero-order valence-electron chi connectivity index (χ0n) is 15.8. The van der Waals surface area contributed by atoms with Gasteiger partial charge in [0.25, 0.3) is 0 Å². The number of ether oxygens (including phenoxy) is 1. The molecule has 2 rings (SSSR count). The smallest absolute Gasteiger partial charge is 0.330 e. The Balaban J connectivity index is 1.95. The van der Waals surface area contributed by atoms with Crippen LogP contribution in [-0.2, 0) is 14.3 Å². The van der Waals surface area contributed by atoms with Crippen LogP contribution in [0, 0.1) is 5.92 Å². The summed E-state index contributed by atoms with van der Waals surface area (Å²) in [6.07, 6.45) is 2.96. The van der Waals surface area contributed by atoms with Crippen LogP contribution in [0.1, 0.15) is 39.5 Å². The number of imide groups is 2. The van der Waals surface area contributed by atoms with Gasteiger partial charge in [-0.2, -0.15) is 0 Å². The number of unbranched alkanes of at least 4 members (excludes halogenated alkanes) is 1. The highest BCUT2D eigenvalue weighted by Gasteiger charge is 2.42. The first-order chi connectivity index (χ1) is 12.6. The van der Waals surface area contributed by atoms with Crippen molar-refractivity contribution in [2.75, 3.05) is 45.9 Å². The summed E-state index contributed by atoms with van der Waals surface area (Å²) in [5.74, 6) is -1.97. The second-order valence-electron chi connectivity index (χ2n) is 6.61. The summed E-state index contributed by atoms with van der Waals surface area (Å²) in [7, 11) is 0. The molecule has 2 aliphatic heterocycles. The molecule has 2 heterocycles. The first-order valence-electron chi connectivity index (χ1n) is 9.58. The van der Waals surface area contributed by atoms with Crippen LogP contribution in [0.25, 0.3) is 0 Å². The number of barbiturate groups is 1. The van der Waals surface area contributed by atoms with E-state index in [1.807, 2.05) is 13.8 Å². The summed E-state index contributed by atoms with van der Waals surface area (Å²) in [4.78, 5) is 44.8. The molecule has 0 aromatic carbocycles. The SMILES string of the molecule is CCCCN1C(=O)NC(=O)[C@@H](C(CC)=NCCCN2CCOCC2)C1=O. The van der Waals surface area contributed by atoms with Crippen LogP contribution < -0.4 is 5.32 Å². The van der Waals surface area contributed by atoms with Crippen molar-refractivity contribution in [2.45, 2.75) is 39.5 Å². The largest absolute Gasteiger partial charge is 0.379 e. The van der Waals surface area contributed by atoms with Crippen LogP contribution in [0.3, 0.4) is 0 Å². The van der Waals surface area contributed by atoms with E-state index in [0.29, 0.717) is 25.2 Å². The highest BCUT2D eigenvalue weighted by molar-refractivity contribution is 6.27. The van der Waals surface area contributed by atoms with Gasteiger partial charge in [-0.1, -0.05) is 20.3 Å². The van der Waals surface area contributed by atoms with Crippen LogP contribution in [0.15, 0.2) is 4.99 Å². The van der Waals surface area contributed by atoms with E-state index in [1.165, 1.54) is 0 Å². The average molecular weight is 366 g/mol. The van der Waals surface area contributed by atoms with Gasteiger partial charge in [0.1, 0.15) is 0 Å². The number of hydrogen-bond acceptors (Lipinski definition) is 6. The van der Waals surface area contributed by atoms with Gasteiger partial charge >= 0.3 is 6.03 Å². The van der Waals surface area contributed by atoms with E-state index in [0.717, 1.165) is 57.0 Å². The minimum atomic E-state index is -0.974. The number of aliphatic imine (C=N–C) groups is 1. The summed E-state index contributed by atoms with van der Waals surface area (Å²) in [5, 5.41) is 2.30. The topological polar surface area (TPSA) is 91.3 Å². The second-order valence-corrected chi connectivity index (χ2v) is 6.61. The molecule has 0 aromatic rings. The summed E-state index contributed by atoms with van der Waals surface area (Å²) < 4.78 is 5.33. The van der Waals surface area contributed by atoms with Crippen molar-refractivity contribution in [3.8, 4) is 0 Å². The first kappa shape index (κ1) is 20.5. The molecule has 1 atom stereocenters. The van der Waals surface area contributed by atoms with E-state index in [2.05, 4.69) is 15.2 Å². The fraction of sp³-hybridized carbons (Fsp3) is 0.778. The normalized spacial score (nSPS) is 22.7. The van der Waals surface area contributed by atoms with E-state index in [4.69, 9.17) is 4.74 Å². The van der Waals surface area contributed by atoms with Crippen LogP contribution in [-0.4, -0.2) is 79.3 Å². The van der Waals surface area contributed by atoms with Crippen molar-refractivity contribution < 1.29 is 19.1 Å². The second kappa shape index (κ2) is 10.4. The third kappa shape index (κ3) is 5.35. The Bertz CT molecular complexity index is 543. The molecule has 26 heavy (non-hydrogen) atoms. The number of urea groups is 1. The Labute approximate surface area is 154 Å². The van der Waals surface area contributed by atoms with Gasteiger partial charge in [0.2, 0.25) is 11.8 Å². The van der Waals surface area contributed by atoms with Gasteiger partial charge in [-0.15, -0.1) is 0 Å². The Morgan fingerprint density at radius 3 is 2.54 bits per heavy atom. The molecule has 0 bridgehead atoms. The molecular formula is C18H30N4O4. The van der Waals surface area contributed by atoms with Gasteiger partial charge in [0.05, 0.1) is 13.2 Å². The number of carbonyl (C=O) groups excluding carboxylic acids is 3. The van der Waals surface area contributed by atoms with Crippen LogP contribution in [0.2, 0.25) is 0 Å². The molecule has 8 nitrogen and oxygen atoms in total. The van der Waals surface area contributed by atoms with E-state index in [9.17, 15) is 14.4 Å². The Morgan fingerprint density at radius 2 is 1.88 bits per heavy atom. The summed E-state index contributed by atoms with van der Waals surface area (Å²) in [5.41, 5.74) is 0.559. The lowest BCUT2D eigenvalue weighted by Crippen LogP contribution is -2.60. The zero-order valence-corrected chi connectivity index (χ0v) is 15.8. The van der Waals surface area contributed by atoms with Gasteiger partial charge in [-0.25, -0.2) is 4.79 Å². The highest BCUT2D eigenvalue weighted by atomic mass is 16.5. The minimum Gasteiger partial charge on any atom is -0.379 e. The van der Waals surface area contributed by atoms with Gasteiger partial charge in [0.15, 0.2) is 5.92 Å². The molecule has 2 aliphatic rings. The number of amides is 4. The number of morpholine rings is 1. The number of nitrogens with zero attached hydrogens (tertiary/aromatic N) is 3. The van der Waals surface area contributed by atoms with E-state index < -0.39 is 23.8 Å². The number of hydrogen-bond donors (Lipinski definition) is 1. The standard InChI is InChI=1S/C18H30N4O4/c1-3-5-9-22-17(24)15(16(23)20-18(22)25)14(4-2)19-7-6-8-21-10-12-26-13-11-21/h15H,3-13H2,1-2H3,(H,20,23,25)/t15-/m1/s1. The maximum Gasteiger partial charge on any atom is 0.330 e. The van der Waals surface area contributed by atoms with Gasteiger partial charge in [-0.05, 0) is 19.3 Å². The van der Waals surface area contributed by atoms with Gasteiger partial charge in [0, 0.05) is 38.4 Å². The van der Waals surface area contributed by atoms with E-state index >= 15 is 0 Å². The maximum absolute atomic E-state index is 12.7. The molecular weight excluding hydrogens is 336 g/mol. The highest BCUT2D eigenvalue weighted by Crippen LogP contribution is 2.16. The van der Waals surface area contributed by atoms with E-state index in [-0.39, 0.29) is 0 Å². The third-order valence-corrected chi connectivity index (χ3v) is 4.73. The van der Waals surface area contributed by atoms with Crippen molar-refractivity contribution in [1.29, 1.82) is 0 Å². The predicted molar refractivity (Wildman–Crippen MR) is 98.1 cm³/mol. The lowest BCUT2D eigenvalue weighted by molar-refractivity contribution is -0.139. The maximum atomic E-state index is 12.7. The van der Waals surface area contributed by atoms with Crippen molar-refractivity contribution in [3.05, 3.63) is 0 Å². The third-order valence-electron chi connectivity index (χ3n) is 4.73. The summed E-state index contributed by atoms with van der Waals surface area (Å²) in [6.45, 7) is 9.10. The Hall–Kier alpha value is -1.80. The van der Waals surface area contributed by atoms with Crippen molar-refractivity contribution in [2.24, 2.45) is 10.9 Å². The molecule has 2 fully saturated rings. The van der Waals surface area contributed by atoms with Crippen molar-refractivity contribution >= 4 is 23.6 Å². The quantitative estimate of drug-likeness (QED) is 0.374. The van der Waals surface area contributed by atoms with Gasteiger partial charge in [-0.3, -0.25) is 29.7 Å². The van der Waals surface area contributed by atoms with Crippen molar-refractivity contribution in [1.82, 2.24) is 15.1 Å². The molecule has 4 amide bonds. The minimum absolute atomic E-state index is 0.332. The van der Waals surface area contributed by atoms with Crippen LogP contribution in [0.4, 0.5) is 4.79 Å².